The highest BCUT2D eigenvalue weighted by atomic mass is 16.1. The van der Waals surface area contributed by atoms with Crippen LogP contribution in [0.15, 0.2) is 0 Å². The van der Waals surface area contributed by atoms with Crippen LogP contribution in [0.3, 0.4) is 0 Å². The number of Topliss-reactive ketones (excluding diaryl/α,β-unsaturated/α-hetero) is 5. The van der Waals surface area contributed by atoms with Crippen molar-refractivity contribution in [3.8, 4) is 0 Å². The summed E-state index contributed by atoms with van der Waals surface area (Å²) in [6, 6.07) is 0. The van der Waals surface area contributed by atoms with Gasteiger partial charge >= 0.3 is 0 Å². The number of rotatable bonds is 35. The van der Waals surface area contributed by atoms with E-state index in [9.17, 15) is 24.0 Å². The highest BCUT2D eigenvalue weighted by molar-refractivity contribution is 5.86. The SMILES string of the molecule is CCCCC(CC(C)=O)(CC(C)=O)C(CC(C)=O)(CC(C)=O)CC(C)=O.CCCCCC.CCCCCC.CCCCCC.CCCCCC.CCCCCC.CCCCCC.CCCCCC. The van der Waals surface area contributed by atoms with E-state index < -0.39 is 10.8 Å². The van der Waals surface area contributed by atoms with E-state index in [0.29, 0.717) is 6.42 Å². The lowest BCUT2D eigenvalue weighted by Gasteiger charge is -2.50. The van der Waals surface area contributed by atoms with Gasteiger partial charge < -0.3 is 24.0 Å². The minimum atomic E-state index is -0.997. The van der Waals surface area contributed by atoms with E-state index in [1.165, 1.54) is 214 Å². The largest absolute Gasteiger partial charge is 0.300 e. The normalized spacial score (nSPS) is 10.1. The molecule has 0 aromatic carbocycles. The first-order valence-corrected chi connectivity index (χ1v) is 29.8. The van der Waals surface area contributed by atoms with Gasteiger partial charge in [0, 0.05) is 32.1 Å². The smallest absolute Gasteiger partial charge is 0.130 e. The Morgan fingerprint density at radius 1 is 0.206 bits per heavy atom. The summed E-state index contributed by atoms with van der Waals surface area (Å²) in [4.78, 5) is 60.6. The van der Waals surface area contributed by atoms with Crippen LogP contribution in [0.1, 0.15) is 370 Å². The van der Waals surface area contributed by atoms with Crippen LogP contribution < -0.4 is 0 Å². The van der Waals surface area contributed by atoms with Crippen LogP contribution in [-0.2, 0) is 24.0 Å². The molecule has 0 amide bonds. The zero-order chi connectivity index (χ0) is 54.3. The summed E-state index contributed by atoms with van der Waals surface area (Å²) in [7, 11) is 0. The molecule has 0 fully saturated rings. The van der Waals surface area contributed by atoms with Crippen LogP contribution in [-0.4, -0.2) is 28.9 Å². The number of unbranched alkanes of at least 4 members (excludes halogenated alkanes) is 22. The molecule has 0 aliphatic rings. The predicted octanol–water partition coefficient (Wildman–Crippen LogP) is 22.2. The molecule has 0 saturated heterocycles. The molecule has 0 aromatic heterocycles. The van der Waals surface area contributed by atoms with Crippen LogP contribution in [0.25, 0.3) is 0 Å². The molecule has 414 valence electrons. The van der Waals surface area contributed by atoms with Crippen LogP contribution in [0.4, 0.5) is 0 Å². The lowest BCUT2D eigenvalue weighted by atomic mass is 9.51. The molecule has 0 rings (SSSR count). The molecule has 0 saturated carbocycles. The van der Waals surface area contributed by atoms with E-state index in [0.717, 1.165) is 12.8 Å². The van der Waals surface area contributed by atoms with Crippen molar-refractivity contribution in [2.45, 2.75) is 370 Å². The fourth-order valence-electron chi connectivity index (χ4n) is 8.03. The number of carbonyl (C=O) groups is 5. The molecular weight excluding hydrogens is 837 g/mol. The second-order valence-electron chi connectivity index (χ2n) is 20.0. The van der Waals surface area contributed by atoms with E-state index >= 15 is 0 Å². The molecule has 0 spiro atoms. The highest BCUT2D eigenvalue weighted by Crippen LogP contribution is 2.56. The number of hydrogen-bond donors (Lipinski definition) is 0. The Hall–Kier alpha value is -1.65. The zero-order valence-electron chi connectivity index (χ0n) is 51.0. The first kappa shape index (κ1) is 83.2. The monoisotopic (exact) mass is 969 g/mol. The molecule has 5 heteroatoms. The highest BCUT2D eigenvalue weighted by Gasteiger charge is 2.53. The van der Waals surface area contributed by atoms with Crippen molar-refractivity contribution in [2.75, 3.05) is 0 Å². The minimum absolute atomic E-state index is 0.0242. The molecular formula is C63H132O5. The molecule has 68 heavy (non-hydrogen) atoms. The van der Waals surface area contributed by atoms with Gasteiger partial charge in [-0.25, -0.2) is 0 Å². The zero-order valence-corrected chi connectivity index (χ0v) is 51.0. The van der Waals surface area contributed by atoms with E-state index in [1.807, 2.05) is 6.92 Å². The molecule has 5 nitrogen and oxygen atoms in total. The summed E-state index contributed by atoms with van der Waals surface area (Å²) >= 11 is 0. The topological polar surface area (TPSA) is 85.3 Å². The fourth-order valence-corrected chi connectivity index (χ4v) is 8.03. The summed E-state index contributed by atoms with van der Waals surface area (Å²) < 4.78 is 0. The molecule has 0 aliphatic carbocycles. The Labute approximate surface area is 431 Å². The molecule has 0 unspecified atom stereocenters. The van der Waals surface area contributed by atoms with Gasteiger partial charge in [-0.05, 0) is 51.9 Å². The molecule has 0 heterocycles. The Morgan fingerprint density at radius 3 is 0.426 bits per heavy atom. The molecule has 0 aliphatic heterocycles. The first-order valence-electron chi connectivity index (χ1n) is 29.8. The van der Waals surface area contributed by atoms with E-state index in [2.05, 4.69) is 96.9 Å². The Kier molecular flexibility index (Phi) is 88.0. The third kappa shape index (κ3) is 75.9. The van der Waals surface area contributed by atoms with Crippen molar-refractivity contribution in [3.05, 3.63) is 0 Å². The first-order chi connectivity index (χ1) is 32.3. The van der Waals surface area contributed by atoms with Gasteiger partial charge in [0.25, 0.3) is 0 Å². The van der Waals surface area contributed by atoms with Crippen molar-refractivity contribution < 1.29 is 24.0 Å². The average molecular weight is 970 g/mol. The summed E-state index contributed by atoms with van der Waals surface area (Å²) in [6.07, 6.45) is 41.2. The third-order valence-electron chi connectivity index (χ3n) is 11.8. The Bertz CT molecular complexity index is 819. The number of ketones is 5. The molecule has 0 N–H and O–H groups in total. The van der Waals surface area contributed by atoms with Crippen molar-refractivity contribution in [2.24, 2.45) is 10.8 Å². The van der Waals surface area contributed by atoms with Gasteiger partial charge in [0.1, 0.15) is 28.9 Å². The summed E-state index contributed by atoms with van der Waals surface area (Å²) in [5.41, 5.74) is -1.85. The lowest BCUT2D eigenvalue weighted by Crippen LogP contribution is -2.48. The maximum Gasteiger partial charge on any atom is 0.130 e. The van der Waals surface area contributed by atoms with Crippen molar-refractivity contribution in [1.82, 2.24) is 0 Å². The van der Waals surface area contributed by atoms with Crippen molar-refractivity contribution in [1.29, 1.82) is 0 Å². The van der Waals surface area contributed by atoms with Crippen LogP contribution >= 0.6 is 0 Å². The van der Waals surface area contributed by atoms with Gasteiger partial charge in [0.15, 0.2) is 0 Å². The van der Waals surface area contributed by atoms with Crippen molar-refractivity contribution >= 4 is 28.9 Å². The Morgan fingerprint density at radius 2 is 0.324 bits per heavy atom. The van der Waals surface area contributed by atoms with Gasteiger partial charge in [-0.2, -0.15) is 0 Å². The van der Waals surface area contributed by atoms with E-state index in [1.54, 1.807) is 0 Å². The third-order valence-corrected chi connectivity index (χ3v) is 11.8. The minimum Gasteiger partial charge on any atom is -0.300 e. The van der Waals surface area contributed by atoms with Crippen molar-refractivity contribution in [3.63, 3.8) is 0 Å². The van der Waals surface area contributed by atoms with E-state index in [4.69, 9.17) is 0 Å². The molecule has 0 bridgehead atoms. The lowest BCUT2D eigenvalue weighted by molar-refractivity contribution is -0.143. The van der Waals surface area contributed by atoms with Gasteiger partial charge in [-0.15, -0.1) is 0 Å². The van der Waals surface area contributed by atoms with Gasteiger partial charge in [-0.1, -0.05) is 296 Å². The quantitative estimate of drug-likeness (QED) is 0.0591. The van der Waals surface area contributed by atoms with Crippen LogP contribution in [0.2, 0.25) is 0 Å². The number of carbonyl (C=O) groups excluding carboxylic acids is 5. The summed E-state index contributed by atoms with van der Waals surface area (Å²) in [5.74, 6) is -0.605. The molecule has 0 radical (unpaired) electrons. The summed E-state index contributed by atoms with van der Waals surface area (Å²) in [6.45, 7) is 40.5. The van der Waals surface area contributed by atoms with Gasteiger partial charge in [0.05, 0.1) is 0 Å². The standard InChI is InChI=1S/C21H34O5.7C6H14/c1-7-8-9-20(10-15(2)22,11-16(3)23)21(12-17(4)24,13-18(5)25)14-19(6)26;7*1-3-5-6-4-2/h7-14H2,1-6H3;7*3-6H2,1-2H3. The molecule has 0 aromatic rings. The van der Waals surface area contributed by atoms with Crippen LogP contribution in [0.5, 0.6) is 0 Å². The van der Waals surface area contributed by atoms with Gasteiger partial charge in [0.2, 0.25) is 0 Å². The fraction of sp³-hybridized carbons (Fsp3) is 0.921. The Balaban J connectivity index is -0.000000116. The second-order valence-corrected chi connectivity index (χ2v) is 20.0. The van der Waals surface area contributed by atoms with Gasteiger partial charge in [-0.3, -0.25) is 0 Å². The second kappa shape index (κ2) is 71.9. The van der Waals surface area contributed by atoms with Crippen LogP contribution in [0, 0.1) is 10.8 Å². The summed E-state index contributed by atoms with van der Waals surface area (Å²) in [5, 5.41) is 0. The predicted molar refractivity (Wildman–Crippen MR) is 310 cm³/mol. The average Bonchev–Trinajstić information content (AvgIpc) is 3.28. The maximum absolute atomic E-state index is 12.1. The molecule has 0 atom stereocenters. The number of hydrogen-bond acceptors (Lipinski definition) is 5. The van der Waals surface area contributed by atoms with E-state index in [-0.39, 0.29) is 61.0 Å². The maximum atomic E-state index is 12.1.